The number of carboxylic acids is 1. The number of aryl methyl sites for hydroxylation is 2. The number of carboxylic acid groups (broad SMARTS) is 1. The molecule has 0 aliphatic carbocycles. The minimum atomic E-state index is -0.795. The monoisotopic (exact) mass is 347 g/mol. The molecule has 0 bridgehead atoms. The Morgan fingerprint density at radius 2 is 2.08 bits per heavy atom. The largest absolute Gasteiger partial charge is 0.481 e. The molecular formula is C18H22ClN3O2. The van der Waals surface area contributed by atoms with Crippen LogP contribution in [0.5, 0.6) is 0 Å². The van der Waals surface area contributed by atoms with Gasteiger partial charge in [0.15, 0.2) is 0 Å². The van der Waals surface area contributed by atoms with Crippen molar-refractivity contribution in [3.05, 3.63) is 52.3 Å². The van der Waals surface area contributed by atoms with Crippen molar-refractivity contribution in [1.82, 2.24) is 14.7 Å². The zero-order chi connectivity index (χ0) is 17.3. The van der Waals surface area contributed by atoms with Crippen molar-refractivity contribution in [3.8, 4) is 0 Å². The summed E-state index contributed by atoms with van der Waals surface area (Å²) in [7, 11) is 1.85. The van der Waals surface area contributed by atoms with E-state index in [-0.39, 0.29) is 0 Å². The SMILES string of the molecule is Cc1cccc(C2(C(=O)O)CCN(Cc3nn(C)cc3Cl)CC2)c1. The van der Waals surface area contributed by atoms with E-state index in [9.17, 15) is 9.90 Å². The topological polar surface area (TPSA) is 58.4 Å². The van der Waals surface area contributed by atoms with E-state index < -0.39 is 11.4 Å². The van der Waals surface area contributed by atoms with Crippen molar-refractivity contribution in [2.24, 2.45) is 7.05 Å². The molecule has 3 rings (SSSR count). The first-order chi connectivity index (χ1) is 11.4. The Kier molecular flexibility index (Phi) is 4.65. The fraction of sp³-hybridized carbons (Fsp3) is 0.444. The number of rotatable bonds is 4. The summed E-state index contributed by atoms with van der Waals surface area (Å²) in [6.45, 7) is 4.08. The molecule has 0 unspecified atom stereocenters. The molecule has 1 saturated heterocycles. The molecule has 24 heavy (non-hydrogen) atoms. The molecular weight excluding hydrogens is 326 g/mol. The third kappa shape index (κ3) is 3.19. The lowest BCUT2D eigenvalue weighted by atomic mass is 9.72. The third-order valence-electron chi connectivity index (χ3n) is 4.92. The molecule has 1 fully saturated rings. The number of aliphatic carboxylic acids is 1. The molecule has 6 heteroatoms. The molecule has 0 spiro atoms. The minimum absolute atomic E-state index is 0.593. The van der Waals surface area contributed by atoms with Crippen LogP contribution in [-0.4, -0.2) is 38.8 Å². The van der Waals surface area contributed by atoms with Crippen LogP contribution >= 0.6 is 11.6 Å². The maximum absolute atomic E-state index is 12.1. The molecule has 0 saturated carbocycles. The molecule has 5 nitrogen and oxygen atoms in total. The fourth-order valence-corrected chi connectivity index (χ4v) is 3.72. The summed E-state index contributed by atoms with van der Waals surface area (Å²) in [4.78, 5) is 14.3. The molecule has 0 atom stereocenters. The van der Waals surface area contributed by atoms with E-state index in [4.69, 9.17) is 11.6 Å². The summed E-state index contributed by atoms with van der Waals surface area (Å²) in [5, 5.41) is 14.9. The number of aromatic nitrogens is 2. The van der Waals surface area contributed by atoms with Gasteiger partial charge < -0.3 is 5.11 Å². The van der Waals surface area contributed by atoms with Gasteiger partial charge in [-0.3, -0.25) is 14.4 Å². The molecule has 1 aliphatic heterocycles. The lowest BCUT2D eigenvalue weighted by molar-refractivity contribution is -0.146. The van der Waals surface area contributed by atoms with Crippen LogP contribution < -0.4 is 0 Å². The minimum Gasteiger partial charge on any atom is -0.481 e. The Morgan fingerprint density at radius 1 is 1.38 bits per heavy atom. The van der Waals surface area contributed by atoms with Gasteiger partial charge in [-0.05, 0) is 38.4 Å². The normalized spacial score (nSPS) is 17.8. The number of nitrogens with zero attached hydrogens (tertiary/aromatic N) is 3. The second kappa shape index (κ2) is 6.57. The summed E-state index contributed by atoms with van der Waals surface area (Å²) in [5.41, 5.74) is 2.05. The zero-order valence-corrected chi connectivity index (χ0v) is 14.8. The van der Waals surface area contributed by atoms with Crippen LogP contribution in [0.15, 0.2) is 30.5 Å². The van der Waals surface area contributed by atoms with Gasteiger partial charge in [0.2, 0.25) is 0 Å². The van der Waals surface area contributed by atoms with Crippen molar-refractivity contribution in [1.29, 1.82) is 0 Å². The van der Waals surface area contributed by atoms with Crippen LogP contribution in [0.1, 0.15) is 29.7 Å². The van der Waals surface area contributed by atoms with Gasteiger partial charge in [0.05, 0.1) is 16.1 Å². The van der Waals surface area contributed by atoms with E-state index in [0.717, 1.165) is 16.8 Å². The first-order valence-electron chi connectivity index (χ1n) is 8.12. The zero-order valence-electron chi connectivity index (χ0n) is 14.0. The van der Waals surface area contributed by atoms with Crippen LogP contribution in [0.25, 0.3) is 0 Å². The quantitative estimate of drug-likeness (QED) is 0.923. The maximum atomic E-state index is 12.1. The van der Waals surface area contributed by atoms with E-state index in [1.165, 1.54) is 0 Å². The Labute approximate surface area is 146 Å². The summed E-state index contributed by atoms with van der Waals surface area (Å²) in [6, 6.07) is 7.87. The molecule has 2 aromatic rings. The van der Waals surface area contributed by atoms with Crippen molar-refractivity contribution in [3.63, 3.8) is 0 Å². The van der Waals surface area contributed by atoms with Crippen LogP contribution in [0, 0.1) is 6.92 Å². The van der Waals surface area contributed by atoms with Crippen LogP contribution in [-0.2, 0) is 23.8 Å². The summed E-state index contributed by atoms with van der Waals surface area (Å²) in [6.07, 6.45) is 2.97. The lowest BCUT2D eigenvalue weighted by Gasteiger charge is -2.39. The molecule has 1 aromatic heterocycles. The number of carbonyl (C=O) groups is 1. The Hall–Kier alpha value is -1.85. The van der Waals surface area contributed by atoms with Crippen molar-refractivity contribution < 1.29 is 9.90 Å². The summed E-state index contributed by atoms with van der Waals surface area (Å²) in [5.74, 6) is -0.733. The van der Waals surface area contributed by atoms with Crippen LogP contribution in [0.3, 0.4) is 0 Å². The highest BCUT2D eigenvalue weighted by molar-refractivity contribution is 6.31. The predicted molar refractivity (Wildman–Crippen MR) is 93.2 cm³/mol. The average molecular weight is 348 g/mol. The molecule has 1 N–H and O–H groups in total. The Balaban J connectivity index is 1.76. The van der Waals surface area contributed by atoms with Gasteiger partial charge in [-0.25, -0.2) is 0 Å². The van der Waals surface area contributed by atoms with Crippen molar-refractivity contribution >= 4 is 17.6 Å². The first kappa shape index (κ1) is 17.0. The summed E-state index contributed by atoms with van der Waals surface area (Å²) >= 11 is 6.18. The van der Waals surface area contributed by atoms with Gasteiger partial charge in [-0.15, -0.1) is 0 Å². The number of benzene rings is 1. The second-order valence-electron chi connectivity index (χ2n) is 6.63. The van der Waals surface area contributed by atoms with Gasteiger partial charge in [0, 0.05) is 19.8 Å². The van der Waals surface area contributed by atoms with Crippen LogP contribution in [0.4, 0.5) is 0 Å². The van der Waals surface area contributed by atoms with Crippen LogP contribution in [0.2, 0.25) is 5.02 Å². The molecule has 2 heterocycles. The average Bonchev–Trinajstić information content (AvgIpc) is 2.85. The number of piperidine rings is 1. The molecule has 0 radical (unpaired) electrons. The number of hydrogen-bond donors (Lipinski definition) is 1. The highest BCUT2D eigenvalue weighted by Crippen LogP contribution is 2.37. The maximum Gasteiger partial charge on any atom is 0.314 e. The smallest absolute Gasteiger partial charge is 0.314 e. The van der Waals surface area contributed by atoms with Crippen molar-refractivity contribution in [2.45, 2.75) is 31.7 Å². The van der Waals surface area contributed by atoms with Gasteiger partial charge in [-0.1, -0.05) is 41.4 Å². The van der Waals surface area contributed by atoms with E-state index in [1.54, 1.807) is 10.9 Å². The third-order valence-corrected chi connectivity index (χ3v) is 5.23. The summed E-state index contributed by atoms with van der Waals surface area (Å²) < 4.78 is 1.70. The second-order valence-corrected chi connectivity index (χ2v) is 7.04. The van der Waals surface area contributed by atoms with E-state index >= 15 is 0 Å². The molecule has 1 aliphatic rings. The highest BCUT2D eigenvalue weighted by Gasteiger charge is 2.43. The fourth-order valence-electron chi connectivity index (χ4n) is 3.49. The van der Waals surface area contributed by atoms with E-state index in [0.29, 0.717) is 37.5 Å². The van der Waals surface area contributed by atoms with Gasteiger partial charge in [0.25, 0.3) is 0 Å². The Morgan fingerprint density at radius 3 is 2.62 bits per heavy atom. The Bertz CT molecular complexity index is 748. The lowest BCUT2D eigenvalue weighted by Crippen LogP contribution is -2.47. The highest BCUT2D eigenvalue weighted by atomic mass is 35.5. The standard InChI is InChI=1S/C18H22ClN3O2/c1-13-4-3-5-14(10-13)18(17(23)24)6-8-22(9-7-18)12-16-15(19)11-21(2)20-16/h3-5,10-11H,6-9,12H2,1-2H3,(H,23,24). The molecule has 0 amide bonds. The molecule has 128 valence electrons. The van der Waals surface area contributed by atoms with Gasteiger partial charge in [-0.2, -0.15) is 5.10 Å². The number of likely N-dealkylation sites (tertiary alicyclic amines) is 1. The number of hydrogen-bond acceptors (Lipinski definition) is 3. The van der Waals surface area contributed by atoms with Crippen molar-refractivity contribution in [2.75, 3.05) is 13.1 Å². The first-order valence-corrected chi connectivity index (χ1v) is 8.49. The predicted octanol–water partition coefficient (Wildman–Crippen LogP) is 3.00. The van der Waals surface area contributed by atoms with Gasteiger partial charge >= 0.3 is 5.97 Å². The molecule has 1 aromatic carbocycles. The van der Waals surface area contributed by atoms with E-state index in [1.807, 2.05) is 38.2 Å². The van der Waals surface area contributed by atoms with Gasteiger partial charge in [0.1, 0.15) is 0 Å². The number of halogens is 1. The van der Waals surface area contributed by atoms with E-state index in [2.05, 4.69) is 10.00 Å².